The monoisotopic (exact) mass is 148 g/mol. The molecule has 1 atom stereocenters. The van der Waals surface area contributed by atoms with Crippen molar-refractivity contribution < 1.29 is 10.2 Å². The van der Waals surface area contributed by atoms with Gasteiger partial charge in [0.1, 0.15) is 0 Å². The molecule has 0 aliphatic rings. The Morgan fingerprint density at radius 3 is 2.50 bits per heavy atom. The third-order valence-corrected chi connectivity index (χ3v) is 1.29. The molecule has 0 spiro atoms. The molecule has 0 amide bonds. The Labute approximate surface area is 61.0 Å². The van der Waals surface area contributed by atoms with Crippen molar-refractivity contribution in [3.63, 3.8) is 0 Å². The van der Waals surface area contributed by atoms with E-state index in [-0.39, 0.29) is 0 Å². The van der Waals surface area contributed by atoms with Crippen molar-refractivity contribution in [3.8, 4) is 0 Å². The van der Waals surface area contributed by atoms with Gasteiger partial charge in [-0.25, -0.2) is 0 Å². The zero-order valence-electron chi connectivity index (χ0n) is 6.25. The largest absolute Gasteiger partial charge is 0.367 e. The quantitative estimate of drug-likeness (QED) is 0.286. The predicted octanol–water partition coefficient (Wildman–Crippen LogP) is -1.38. The lowest BCUT2D eigenvalue weighted by Crippen LogP contribution is -2.37. The second kappa shape index (κ2) is 5.61. The zero-order chi connectivity index (χ0) is 7.98. The molecule has 0 saturated carbocycles. The highest BCUT2D eigenvalue weighted by Gasteiger charge is 2.08. The second-order valence-electron chi connectivity index (χ2n) is 2.22. The van der Waals surface area contributed by atoms with Crippen LogP contribution in [0.15, 0.2) is 0 Å². The van der Waals surface area contributed by atoms with Gasteiger partial charge in [0.25, 0.3) is 0 Å². The number of nitrogens with one attached hydrogen (secondary N) is 1. The first kappa shape index (κ1) is 9.84. The van der Waals surface area contributed by atoms with Crippen molar-refractivity contribution in [1.82, 2.24) is 5.32 Å². The average Bonchev–Trinajstić information content (AvgIpc) is 1.88. The fraction of sp³-hybridized carbons (Fsp3) is 1.00. The second-order valence-corrected chi connectivity index (χ2v) is 2.22. The summed E-state index contributed by atoms with van der Waals surface area (Å²) in [6.45, 7) is 3.60. The van der Waals surface area contributed by atoms with Gasteiger partial charge in [-0.15, -0.1) is 0 Å². The number of hydrogen-bond donors (Lipinski definition) is 4. The Morgan fingerprint density at radius 1 is 1.50 bits per heavy atom. The first-order valence-electron chi connectivity index (χ1n) is 3.51. The summed E-state index contributed by atoms with van der Waals surface area (Å²) in [5, 5.41) is 20.1. The molecule has 0 aromatic heterocycles. The Bertz CT molecular complexity index is 78.1. The minimum absolute atomic E-state index is 0.529. The Balaban J connectivity index is 3.13. The molecule has 62 valence electrons. The fourth-order valence-electron chi connectivity index (χ4n) is 0.595. The van der Waals surface area contributed by atoms with Crippen molar-refractivity contribution in [3.05, 3.63) is 0 Å². The van der Waals surface area contributed by atoms with Gasteiger partial charge in [-0.05, 0) is 19.5 Å². The number of aliphatic hydroxyl groups excluding tert-OH is 1. The van der Waals surface area contributed by atoms with E-state index in [0.29, 0.717) is 6.42 Å². The minimum atomic E-state index is -1.39. The summed E-state index contributed by atoms with van der Waals surface area (Å²) in [6.07, 6.45) is -0.801. The van der Waals surface area contributed by atoms with Crippen LogP contribution in [0.5, 0.6) is 0 Å². The fourth-order valence-corrected chi connectivity index (χ4v) is 0.595. The van der Waals surface area contributed by atoms with Crippen molar-refractivity contribution in [2.45, 2.75) is 25.7 Å². The van der Waals surface area contributed by atoms with E-state index in [1.807, 2.05) is 6.92 Å². The lowest BCUT2D eigenvalue weighted by molar-refractivity contribution is -0.0593. The van der Waals surface area contributed by atoms with E-state index in [9.17, 15) is 0 Å². The summed E-state index contributed by atoms with van der Waals surface area (Å²) in [7, 11) is 0. The molecule has 10 heavy (non-hydrogen) atoms. The van der Waals surface area contributed by atoms with Gasteiger partial charge in [0.2, 0.25) is 0 Å². The molecule has 0 aromatic rings. The summed E-state index contributed by atoms with van der Waals surface area (Å²) in [4.78, 5) is 0. The molecule has 0 fully saturated rings. The van der Waals surface area contributed by atoms with Crippen LogP contribution in [0.2, 0.25) is 0 Å². The number of hydrogen-bond acceptors (Lipinski definition) is 4. The Hall–Kier alpha value is -0.160. The van der Waals surface area contributed by atoms with E-state index >= 15 is 0 Å². The van der Waals surface area contributed by atoms with E-state index in [2.05, 4.69) is 5.32 Å². The maximum Gasteiger partial charge on any atom is 0.166 e. The average molecular weight is 148 g/mol. The maximum absolute atomic E-state index is 8.52. The van der Waals surface area contributed by atoms with E-state index in [1.54, 1.807) is 0 Å². The summed E-state index contributed by atoms with van der Waals surface area (Å²) in [5.74, 6) is 0. The number of nitrogens with two attached hydrogens (primary N) is 1. The standard InChI is InChI=1S/C6H16N2O2/c1-2-8-4-3-5(7)6(9)10/h5-6,8-10H,2-4,7H2,1H3/t5-/m1/s1. The first-order chi connectivity index (χ1) is 4.68. The molecule has 5 N–H and O–H groups in total. The molecular formula is C6H16N2O2. The minimum Gasteiger partial charge on any atom is -0.367 e. The van der Waals surface area contributed by atoms with Crippen LogP contribution in [0.4, 0.5) is 0 Å². The van der Waals surface area contributed by atoms with Gasteiger partial charge in [0, 0.05) is 0 Å². The van der Waals surface area contributed by atoms with Crippen molar-refractivity contribution in [2.75, 3.05) is 13.1 Å². The van der Waals surface area contributed by atoms with Crippen LogP contribution < -0.4 is 11.1 Å². The van der Waals surface area contributed by atoms with Crippen molar-refractivity contribution >= 4 is 0 Å². The molecule has 0 radical (unpaired) electrons. The summed E-state index contributed by atoms with van der Waals surface area (Å²) in [5.41, 5.74) is 5.32. The molecule has 0 aliphatic heterocycles. The molecule has 0 aliphatic carbocycles. The van der Waals surface area contributed by atoms with Gasteiger partial charge in [0.15, 0.2) is 6.29 Å². The van der Waals surface area contributed by atoms with Crippen molar-refractivity contribution in [2.24, 2.45) is 5.73 Å². The van der Waals surface area contributed by atoms with E-state index < -0.39 is 12.3 Å². The van der Waals surface area contributed by atoms with Gasteiger partial charge in [-0.3, -0.25) is 0 Å². The van der Waals surface area contributed by atoms with Crippen molar-refractivity contribution in [1.29, 1.82) is 0 Å². The third-order valence-electron chi connectivity index (χ3n) is 1.29. The van der Waals surface area contributed by atoms with Gasteiger partial charge in [0.05, 0.1) is 6.04 Å². The van der Waals surface area contributed by atoms with Crippen LogP contribution in [0.25, 0.3) is 0 Å². The van der Waals surface area contributed by atoms with Crippen LogP contribution >= 0.6 is 0 Å². The van der Waals surface area contributed by atoms with Gasteiger partial charge < -0.3 is 21.3 Å². The Kier molecular flexibility index (Phi) is 5.52. The highest BCUT2D eigenvalue weighted by Crippen LogP contribution is 1.89. The normalized spacial score (nSPS) is 14.1. The first-order valence-corrected chi connectivity index (χ1v) is 3.51. The number of rotatable bonds is 5. The van der Waals surface area contributed by atoms with E-state index in [4.69, 9.17) is 15.9 Å². The van der Waals surface area contributed by atoms with Crippen LogP contribution in [0, 0.1) is 0 Å². The van der Waals surface area contributed by atoms with Gasteiger partial charge in [-0.1, -0.05) is 6.92 Å². The summed E-state index contributed by atoms with van der Waals surface area (Å²) in [6, 6.07) is -0.529. The maximum atomic E-state index is 8.52. The smallest absolute Gasteiger partial charge is 0.166 e. The highest BCUT2D eigenvalue weighted by molar-refractivity contribution is 4.63. The molecule has 0 heterocycles. The summed E-state index contributed by atoms with van der Waals surface area (Å²) < 4.78 is 0. The third kappa shape index (κ3) is 4.69. The topological polar surface area (TPSA) is 78.5 Å². The van der Waals surface area contributed by atoms with Crippen LogP contribution in [-0.4, -0.2) is 35.6 Å². The molecule has 0 saturated heterocycles. The predicted molar refractivity (Wildman–Crippen MR) is 39.4 cm³/mol. The molecular weight excluding hydrogens is 132 g/mol. The van der Waals surface area contributed by atoms with Gasteiger partial charge in [-0.2, -0.15) is 0 Å². The van der Waals surface area contributed by atoms with E-state index in [1.165, 1.54) is 0 Å². The molecule has 0 bridgehead atoms. The highest BCUT2D eigenvalue weighted by atomic mass is 16.5. The lowest BCUT2D eigenvalue weighted by atomic mass is 10.2. The van der Waals surface area contributed by atoms with E-state index in [0.717, 1.165) is 13.1 Å². The van der Waals surface area contributed by atoms with Crippen LogP contribution in [0.1, 0.15) is 13.3 Å². The molecule has 4 heteroatoms. The summed E-state index contributed by atoms with van der Waals surface area (Å²) >= 11 is 0. The van der Waals surface area contributed by atoms with Gasteiger partial charge >= 0.3 is 0 Å². The number of aliphatic hydroxyl groups is 2. The Morgan fingerprint density at radius 2 is 2.10 bits per heavy atom. The molecule has 0 rings (SSSR count). The molecule has 4 nitrogen and oxygen atoms in total. The van der Waals surface area contributed by atoms with Crippen LogP contribution in [0.3, 0.4) is 0 Å². The molecule has 0 aromatic carbocycles. The molecule has 0 unspecified atom stereocenters. The zero-order valence-corrected chi connectivity index (χ0v) is 6.25. The van der Waals surface area contributed by atoms with Crippen LogP contribution in [-0.2, 0) is 0 Å². The lowest BCUT2D eigenvalue weighted by Gasteiger charge is -2.12. The SMILES string of the molecule is CCNCC[C@@H](N)C(O)O.